The Morgan fingerprint density at radius 1 is 1.03 bits per heavy atom. The molecule has 1 aliphatic heterocycles. The predicted molar refractivity (Wildman–Crippen MR) is 129 cm³/mol. The van der Waals surface area contributed by atoms with Crippen molar-refractivity contribution in [2.45, 2.75) is 6.92 Å². The van der Waals surface area contributed by atoms with Gasteiger partial charge in [0, 0.05) is 29.6 Å². The van der Waals surface area contributed by atoms with Gasteiger partial charge in [0.25, 0.3) is 0 Å². The molecule has 2 aromatic carbocycles. The number of allylic oxidation sites excluding steroid dienone is 1. The van der Waals surface area contributed by atoms with Crippen LogP contribution in [0, 0.1) is 6.92 Å². The maximum absolute atomic E-state index is 6.04. The summed E-state index contributed by atoms with van der Waals surface area (Å²) in [6, 6.07) is 15.7. The van der Waals surface area contributed by atoms with Crippen LogP contribution in [0.15, 0.2) is 72.0 Å². The number of ether oxygens (including phenoxy) is 1. The summed E-state index contributed by atoms with van der Waals surface area (Å²) in [5.41, 5.74) is 11.3. The van der Waals surface area contributed by atoms with Gasteiger partial charge in [-0.05, 0) is 42.8 Å². The molecule has 0 radical (unpaired) electrons. The zero-order valence-corrected chi connectivity index (χ0v) is 18.3. The van der Waals surface area contributed by atoms with Gasteiger partial charge in [-0.15, -0.1) is 5.10 Å². The molecule has 2 aromatic heterocycles. The number of rotatable bonds is 5. The summed E-state index contributed by atoms with van der Waals surface area (Å²) in [6.45, 7) is 2.52. The van der Waals surface area contributed by atoms with E-state index in [-0.39, 0.29) is 5.95 Å². The van der Waals surface area contributed by atoms with E-state index in [2.05, 4.69) is 25.3 Å². The van der Waals surface area contributed by atoms with E-state index in [1.165, 1.54) is 0 Å². The molecule has 5 rings (SSSR count). The number of benzene rings is 2. The fourth-order valence-electron chi connectivity index (χ4n) is 3.61. The van der Waals surface area contributed by atoms with Crippen molar-refractivity contribution in [1.29, 1.82) is 0 Å². The van der Waals surface area contributed by atoms with Gasteiger partial charge in [-0.25, -0.2) is 9.67 Å². The summed E-state index contributed by atoms with van der Waals surface area (Å²) >= 11 is 0. The van der Waals surface area contributed by atoms with Crippen molar-refractivity contribution in [2.75, 3.05) is 24.4 Å². The fraction of sp³-hybridized carbons (Fsp3) is 0.125. The van der Waals surface area contributed by atoms with Crippen molar-refractivity contribution in [3.8, 4) is 34.0 Å². The Morgan fingerprint density at radius 3 is 2.76 bits per heavy atom. The first kappa shape index (κ1) is 20.4. The van der Waals surface area contributed by atoms with E-state index < -0.39 is 0 Å². The maximum Gasteiger partial charge on any atom is 0.222 e. The van der Waals surface area contributed by atoms with Crippen LogP contribution in [0.1, 0.15) is 5.56 Å². The summed E-state index contributed by atoms with van der Waals surface area (Å²) in [6.07, 6.45) is 7.42. The van der Waals surface area contributed by atoms with Gasteiger partial charge >= 0.3 is 0 Å². The lowest BCUT2D eigenvalue weighted by Gasteiger charge is -2.20. The average molecular weight is 438 g/mol. The predicted octanol–water partition coefficient (Wildman–Crippen LogP) is 3.65. The summed E-state index contributed by atoms with van der Waals surface area (Å²) < 4.78 is 7.06. The Bertz CT molecular complexity index is 1370. The minimum Gasteiger partial charge on any atom is -0.497 e. The first-order valence-corrected chi connectivity index (χ1v) is 10.4. The highest BCUT2D eigenvalue weighted by molar-refractivity contribution is 5.75. The van der Waals surface area contributed by atoms with Crippen molar-refractivity contribution >= 4 is 18.0 Å². The highest BCUT2D eigenvalue weighted by atomic mass is 16.5. The monoisotopic (exact) mass is 438 g/mol. The average Bonchev–Trinajstić information content (AvgIpc) is 3.35. The lowest BCUT2D eigenvalue weighted by molar-refractivity contribution is 0.415. The molecule has 33 heavy (non-hydrogen) atoms. The Labute approximate surface area is 190 Å². The van der Waals surface area contributed by atoms with E-state index in [9.17, 15) is 0 Å². The molecule has 0 saturated heterocycles. The quantitative estimate of drug-likeness (QED) is 0.507. The van der Waals surface area contributed by atoms with Crippen LogP contribution in [0.3, 0.4) is 0 Å². The standard InChI is InChI=1S/C24H22N8O/c1-16-7-8-18(32-14-22(29-30-32)17-5-3-6-19(11-17)33-2)12-20(16)21-13-23(28-24(25)27-21)31-10-4-9-26-15-31/h3-14H,15H2,1-2H3,(H2,25,27,28). The third-order valence-corrected chi connectivity index (χ3v) is 5.34. The van der Waals surface area contributed by atoms with E-state index in [1.54, 1.807) is 18.0 Å². The van der Waals surface area contributed by atoms with Crippen LogP contribution in [0.5, 0.6) is 5.75 Å². The number of hydrogen-bond acceptors (Lipinski definition) is 8. The van der Waals surface area contributed by atoms with E-state index in [0.717, 1.165) is 39.5 Å². The molecule has 0 bridgehead atoms. The zero-order valence-electron chi connectivity index (χ0n) is 18.3. The van der Waals surface area contributed by atoms with Crippen LogP contribution < -0.4 is 15.4 Å². The minimum atomic E-state index is 0.205. The van der Waals surface area contributed by atoms with Gasteiger partial charge in [-0.1, -0.05) is 23.4 Å². The van der Waals surface area contributed by atoms with E-state index >= 15 is 0 Å². The Balaban J connectivity index is 1.51. The molecule has 4 aromatic rings. The highest BCUT2D eigenvalue weighted by Crippen LogP contribution is 2.29. The number of methoxy groups -OCH3 is 1. The Hall–Kier alpha value is -4.53. The molecule has 0 amide bonds. The molecule has 9 heteroatoms. The molecule has 0 aliphatic carbocycles. The molecule has 0 fully saturated rings. The summed E-state index contributed by atoms with van der Waals surface area (Å²) in [4.78, 5) is 15.0. The normalized spacial score (nSPS) is 12.8. The molecule has 2 N–H and O–H groups in total. The first-order chi connectivity index (χ1) is 16.1. The van der Waals surface area contributed by atoms with Gasteiger partial charge in [0.1, 0.15) is 23.9 Å². The fourth-order valence-corrected chi connectivity index (χ4v) is 3.61. The van der Waals surface area contributed by atoms with Crippen LogP contribution in [-0.4, -0.2) is 45.0 Å². The molecule has 0 saturated carbocycles. The number of anilines is 2. The molecule has 3 heterocycles. The van der Waals surface area contributed by atoms with Crippen molar-refractivity contribution in [3.05, 3.63) is 72.6 Å². The molecule has 164 valence electrons. The van der Waals surface area contributed by atoms with Crippen LogP contribution in [-0.2, 0) is 0 Å². The second-order valence-corrected chi connectivity index (χ2v) is 7.53. The molecule has 0 atom stereocenters. The number of nitrogens with zero attached hydrogens (tertiary/aromatic N) is 7. The van der Waals surface area contributed by atoms with E-state index in [4.69, 9.17) is 10.5 Å². The van der Waals surface area contributed by atoms with E-state index in [0.29, 0.717) is 12.5 Å². The van der Waals surface area contributed by atoms with Gasteiger partial charge < -0.3 is 15.4 Å². The molecular formula is C24H22N8O. The Kier molecular flexibility index (Phi) is 5.27. The first-order valence-electron chi connectivity index (χ1n) is 10.4. The molecule has 0 unspecified atom stereocenters. The number of hydrogen-bond donors (Lipinski definition) is 1. The van der Waals surface area contributed by atoms with Gasteiger partial charge in [0.2, 0.25) is 5.95 Å². The second kappa shape index (κ2) is 8.54. The van der Waals surface area contributed by atoms with Crippen LogP contribution in [0.25, 0.3) is 28.2 Å². The smallest absolute Gasteiger partial charge is 0.222 e. The molecule has 1 aliphatic rings. The van der Waals surface area contributed by atoms with E-state index in [1.807, 2.05) is 78.8 Å². The van der Waals surface area contributed by atoms with Gasteiger partial charge in [-0.3, -0.25) is 4.99 Å². The summed E-state index contributed by atoms with van der Waals surface area (Å²) in [5.74, 6) is 1.67. The second-order valence-electron chi connectivity index (χ2n) is 7.53. The van der Waals surface area contributed by atoms with Crippen molar-refractivity contribution in [2.24, 2.45) is 4.99 Å². The molecular weight excluding hydrogens is 416 g/mol. The molecule has 0 spiro atoms. The number of aromatic nitrogens is 5. The van der Waals surface area contributed by atoms with Crippen LogP contribution in [0.4, 0.5) is 11.8 Å². The number of aliphatic imine (C=N–C) groups is 1. The van der Waals surface area contributed by atoms with Gasteiger partial charge in [-0.2, -0.15) is 4.98 Å². The SMILES string of the molecule is COc1cccc(-c2cn(-c3ccc(C)c(-c4cc(N5C=CC=NC5)nc(N)n4)c3)nn2)c1. The van der Waals surface area contributed by atoms with Crippen molar-refractivity contribution in [1.82, 2.24) is 25.0 Å². The van der Waals surface area contributed by atoms with Crippen molar-refractivity contribution in [3.63, 3.8) is 0 Å². The van der Waals surface area contributed by atoms with Crippen molar-refractivity contribution < 1.29 is 4.74 Å². The number of aryl methyl sites for hydroxylation is 1. The summed E-state index contributed by atoms with van der Waals surface area (Å²) in [5, 5.41) is 8.66. The van der Waals surface area contributed by atoms with Gasteiger partial charge in [0.15, 0.2) is 0 Å². The van der Waals surface area contributed by atoms with Crippen LogP contribution in [0.2, 0.25) is 0 Å². The lowest BCUT2D eigenvalue weighted by Crippen LogP contribution is -2.20. The maximum atomic E-state index is 6.04. The topological polar surface area (TPSA) is 107 Å². The zero-order chi connectivity index (χ0) is 22.8. The lowest BCUT2D eigenvalue weighted by atomic mass is 10.0. The Morgan fingerprint density at radius 2 is 1.94 bits per heavy atom. The third-order valence-electron chi connectivity index (χ3n) is 5.34. The van der Waals surface area contributed by atoms with Crippen LogP contribution >= 0.6 is 0 Å². The molecule has 9 nitrogen and oxygen atoms in total. The largest absolute Gasteiger partial charge is 0.497 e. The number of nitrogen functional groups attached to an aromatic ring is 1. The minimum absolute atomic E-state index is 0.205. The third kappa shape index (κ3) is 4.16. The van der Waals surface area contributed by atoms with Gasteiger partial charge in [0.05, 0.1) is 24.7 Å². The highest BCUT2D eigenvalue weighted by Gasteiger charge is 2.14. The summed E-state index contributed by atoms with van der Waals surface area (Å²) in [7, 11) is 1.64. The number of nitrogens with two attached hydrogens (primary N) is 1.